The second kappa shape index (κ2) is 13.7. The number of hydrogen-bond donors (Lipinski definition) is 7. The molecule has 0 unspecified atom stereocenters. The van der Waals surface area contributed by atoms with Crippen LogP contribution in [0.15, 0.2) is 67.0 Å². The highest BCUT2D eigenvalue weighted by atomic mass is 16.6. The molecule has 5 heterocycles. The summed E-state index contributed by atoms with van der Waals surface area (Å²) in [7, 11) is 0. The highest BCUT2D eigenvalue weighted by Gasteiger charge is 2.48. The number of urea groups is 1. The number of fused-ring (bicyclic) bond motifs is 1. The Bertz CT molecular complexity index is 1700. The minimum Gasteiger partial charge on any atom is -0.479 e. The molecule has 3 aliphatic rings. The number of imidazole rings is 1. The van der Waals surface area contributed by atoms with Crippen LogP contribution in [0.1, 0.15) is 36.1 Å². The summed E-state index contributed by atoms with van der Waals surface area (Å²) in [5.74, 6) is -0.599. The van der Waals surface area contributed by atoms with E-state index in [0.29, 0.717) is 49.0 Å². The summed E-state index contributed by atoms with van der Waals surface area (Å²) in [6, 6.07) is 20.0. The number of carbonyl (C=O) groups excluding carboxylic acids is 1. The van der Waals surface area contributed by atoms with Gasteiger partial charge in [-0.2, -0.15) is 9.97 Å². The molecule has 0 radical (unpaired) electrons. The number of nitrogens with one attached hydrogen (secondary N) is 4. The Kier molecular flexibility index (Phi) is 9.08. The average Bonchev–Trinajstić information content (AvgIpc) is 3.91. The Morgan fingerprint density at radius 1 is 0.958 bits per heavy atom. The van der Waals surface area contributed by atoms with Gasteiger partial charge in [-0.25, -0.2) is 14.6 Å². The van der Waals surface area contributed by atoms with Crippen LogP contribution in [-0.4, -0.2) is 110 Å². The number of aliphatic carboxylic acids is 1. The van der Waals surface area contributed by atoms with Crippen molar-refractivity contribution in [1.29, 1.82) is 0 Å². The van der Waals surface area contributed by atoms with Crippen molar-refractivity contribution >= 4 is 34.9 Å². The average molecular weight is 658 g/mol. The number of aliphatic hydroxyl groups excluding tert-OH is 2. The van der Waals surface area contributed by atoms with E-state index in [9.17, 15) is 24.9 Å². The third-order valence-electron chi connectivity index (χ3n) is 9.24. The molecule has 3 saturated heterocycles. The number of carbonyl (C=O) groups is 2. The summed E-state index contributed by atoms with van der Waals surface area (Å²) in [6.07, 6.45) is -3.06. The normalized spacial score (nSPS) is 25.5. The molecular formula is C33H39N9O6. The summed E-state index contributed by atoms with van der Waals surface area (Å²) >= 11 is 0. The minimum atomic E-state index is -1.64. The molecule has 15 nitrogen and oxygen atoms in total. The lowest BCUT2D eigenvalue weighted by molar-refractivity contribution is -0.155. The van der Waals surface area contributed by atoms with Gasteiger partial charge in [0, 0.05) is 44.2 Å². The van der Waals surface area contributed by atoms with E-state index in [1.165, 1.54) is 10.9 Å². The maximum absolute atomic E-state index is 12.7. The Hall–Kier alpha value is -4.83. The predicted molar refractivity (Wildman–Crippen MR) is 176 cm³/mol. The van der Waals surface area contributed by atoms with E-state index in [1.54, 1.807) is 0 Å². The first-order chi connectivity index (χ1) is 23.4. The van der Waals surface area contributed by atoms with Gasteiger partial charge in [-0.1, -0.05) is 60.7 Å². The van der Waals surface area contributed by atoms with E-state index >= 15 is 0 Å². The highest BCUT2D eigenvalue weighted by molar-refractivity contribution is 5.85. The van der Waals surface area contributed by atoms with Crippen molar-refractivity contribution < 1.29 is 29.6 Å². The monoisotopic (exact) mass is 657 g/mol. The number of nitrogens with zero attached hydrogens (tertiary/aromatic N) is 5. The van der Waals surface area contributed by atoms with Crippen LogP contribution in [0.2, 0.25) is 0 Å². The fourth-order valence-electron chi connectivity index (χ4n) is 6.70. The SMILES string of the molecule is O=C(N[C@@H]1CCNC1)N[C@@H]1CCN(c2nc(NCC(c3ccccc3)c3ccccc3)c3ncn([C@@H]4O[C@H](C(=O)O)[C@@H](O)[C@H]4O)c3n2)C1. The fraction of sp³-hybridized carbons (Fsp3) is 0.424. The Balaban J connectivity index is 1.19. The van der Waals surface area contributed by atoms with Crippen LogP contribution in [0.4, 0.5) is 16.6 Å². The molecule has 48 heavy (non-hydrogen) atoms. The maximum atomic E-state index is 12.7. The smallest absolute Gasteiger partial charge is 0.335 e. The standard InChI is InChI=1S/C33H39N9O6/c43-25-26(44)30(48-27(25)31(45)46)42-18-36-24-28(35-16-23(19-7-3-1-4-8-19)20-9-5-2-6-10-20)39-32(40-29(24)42)41-14-12-22(17-41)38-33(47)37-21-11-13-34-15-21/h1-10,18,21-23,25-27,30,34,43-44H,11-17H2,(H,45,46)(H,35,39,40)(H2,37,38,47)/t21-,22-,25+,26-,27+,30-/m1/s1. The van der Waals surface area contributed by atoms with E-state index in [1.807, 2.05) is 41.3 Å². The van der Waals surface area contributed by atoms with Gasteiger partial charge in [-0.15, -0.1) is 0 Å². The van der Waals surface area contributed by atoms with Gasteiger partial charge < -0.3 is 46.2 Å². The van der Waals surface area contributed by atoms with E-state index in [4.69, 9.17) is 14.7 Å². The lowest BCUT2D eigenvalue weighted by Crippen LogP contribution is -2.47. The van der Waals surface area contributed by atoms with Crippen LogP contribution in [0.3, 0.4) is 0 Å². The van der Waals surface area contributed by atoms with Crippen molar-refractivity contribution in [3.63, 3.8) is 0 Å². The first kappa shape index (κ1) is 31.8. The van der Waals surface area contributed by atoms with Crippen molar-refractivity contribution in [3.8, 4) is 0 Å². The van der Waals surface area contributed by atoms with Gasteiger partial charge in [0.15, 0.2) is 29.3 Å². The molecule has 0 saturated carbocycles. The summed E-state index contributed by atoms with van der Waals surface area (Å²) < 4.78 is 7.04. The molecule has 3 aliphatic heterocycles. The van der Waals surface area contributed by atoms with Crippen LogP contribution in [-0.2, 0) is 9.53 Å². The first-order valence-corrected chi connectivity index (χ1v) is 16.2. The number of ether oxygens (including phenoxy) is 1. The van der Waals surface area contributed by atoms with Gasteiger partial charge in [0.05, 0.1) is 6.33 Å². The third-order valence-corrected chi connectivity index (χ3v) is 9.24. The molecule has 2 aromatic carbocycles. The van der Waals surface area contributed by atoms with Crippen molar-refractivity contribution in [2.24, 2.45) is 0 Å². The van der Waals surface area contributed by atoms with E-state index in [-0.39, 0.29) is 24.0 Å². The quantitative estimate of drug-likeness (QED) is 0.128. The zero-order chi connectivity index (χ0) is 33.2. The van der Waals surface area contributed by atoms with Crippen molar-refractivity contribution in [2.45, 2.75) is 55.4 Å². The van der Waals surface area contributed by atoms with E-state index in [0.717, 1.165) is 30.6 Å². The minimum absolute atomic E-state index is 0.0247. The number of hydrogen-bond acceptors (Lipinski definition) is 11. The summed E-state index contributed by atoms with van der Waals surface area (Å²) in [5.41, 5.74) is 2.91. The van der Waals surface area contributed by atoms with Crippen LogP contribution >= 0.6 is 0 Å². The van der Waals surface area contributed by atoms with Crippen LogP contribution in [0.25, 0.3) is 11.2 Å². The molecule has 0 spiro atoms. The lowest BCUT2D eigenvalue weighted by Gasteiger charge is -2.22. The lowest BCUT2D eigenvalue weighted by atomic mass is 9.91. The Labute approximate surface area is 276 Å². The second-order valence-corrected chi connectivity index (χ2v) is 12.5. The molecule has 7 rings (SSSR count). The third kappa shape index (κ3) is 6.49. The topological polar surface area (TPSA) is 199 Å². The van der Waals surface area contributed by atoms with Crippen molar-refractivity contribution in [2.75, 3.05) is 42.9 Å². The number of carboxylic acids is 1. The van der Waals surface area contributed by atoms with Gasteiger partial charge in [-0.05, 0) is 30.5 Å². The van der Waals surface area contributed by atoms with Crippen LogP contribution in [0.5, 0.6) is 0 Å². The number of rotatable bonds is 10. The van der Waals surface area contributed by atoms with Gasteiger partial charge in [0.2, 0.25) is 5.95 Å². The summed E-state index contributed by atoms with van der Waals surface area (Å²) in [5, 5.41) is 43.6. The number of benzene rings is 2. The van der Waals surface area contributed by atoms with E-state index < -0.39 is 30.5 Å². The molecule has 6 atom stereocenters. The van der Waals surface area contributed by atoms with Crippen LogP contribution in [0, 0.1) is 0 Å². The molecule has 15 heteroatoms. The van der Waals surface area contributed by atoms with Gasteiger partial charge in [0.1, 0.15) is 12.2 Å². The zero-order valence-corrected chi connectivity index (χ0v) is 26.1. The molecule has 0 aliphatic carbocycles. The number of aliphatic hydroxyl groups is 2. The molecule has 4 aromatic rings. The fourth-order valence-corrected chi connectivity index (χ4v) is 6.70. The zero-order valence-electron chi connectivity index (χ0n) is 26.1. The second-order valence-electron chi connectivity index (χ2n) is 12.5. The molecule has 2 aromatic heterocycles. The molecule has 2 amide bonds. The number of carboxylic acid groups (broad SMARTS) is 1. The summed E-state index contributed by atoms with van der Waals surface area (Å²) in [4.78, 5) is 40.6. The molecule has 3 fully saturated rings. The molecule has 7 N–H and O–H groups in total. The number of amides is 2. The van der Waals surface area contributed by atoms with Gasteiger partial charge in [0.25, 0.3) is 0 Å². The largest absolute Gasteiger partial charge is 0.479 e. The van der Waals surface area contributed by atoms with Crippen molar-refractivity contribution in [1.82, 2.24) is 35.5 Å². The van der Waals surface area contributed by atoms with Gasteiger partial charge in [-0.3, -0.25) is 4.57 Å². The molecule has 0 bridgehead atoms. The van der Waals surface area contributed by atoms with Crippen LogP contribution < -0.4 is 26.2 Å². The Morgan fingerprint density at radius 3 is 2.31 bits per heavy atom. The van der Waals surface area contributed by atoms with Crippen molar-refractivity contribution in [3.05, 3.63) is 78.1 Å². The number of anilines is 2. The summed E-state index contributed by atoms with van der Waals surface area (Å²) in [6.45, 7) is 3.14. The predicted octanol–water partition coefficient (Wildman–Crippen LogP) is 1.01. The first-order valence-electron chi connectivity index (χ1n) is 16.2. The van der Waals surface area contributed by atoms with E-state index in [2.05, 4.69) is 50.5 Å². The number of aromatic nitrogens is 4. The highest BCUT2D eigenvalue weighted by Crippen LogP contribution is 2.34. The van der Waals surface area contributed by atoms with Gasteiger partial charge >= 0.3 is 12.0 Å². The molecule has 252 valence electrons. The molecular weight excluding hydrogens is 618 g/mol. The maximum Gasteiger partial charge on any atom is 0.335 e. The Morgan fingerprint density at radius 2 is 1.67 bits per heavy atom.